The topological polar surface area (TPSA) is 38.3 Å². The van der Waals surface area contributed by atoms with E-state index < -0.39 is 0 Å². The lowest BCUT2D eigenvalue weighted by molar-refractivity contribution is -0.121. The van der Waals surface area contributed by atoms with Crippen LogP contribution in [0.1, 0.15) is 49.8 Å². The molecule has 3 nitrogen and oxygen atoms in total. The summed E-state index contributed by atoms with van der Waals surface area (Å²) in [4.78, 5) is 12.7. The Morgan fingerprint density at radius 2 is 1.37 bits per heavy atom. The smallest absolute Gasteiger partial charge is 0.221 e. The molecule has 3 aromatic carbocycles. The van der Waals surface area contributed by atoms with Crippen LogP contribution >= 0.6 is 0 Å². The van der Waals surface area contributed by atoms with E-state index in [1.165, 1.54) is 5.56 Å². The van der Waals surface area contributed by atoms with Gasteiger partial charge in [-0.1, -0.05) is 99.6 Å². The van der Waals surface area contributed by atoms with Gasteiger partial charge in [-0.3, -0.25) is 4.79 Å². The number of ether oxygens (including phenoxy) is 1. The van der Waals surface area contributed by atoms with E-state index in [1.807, 2.05) is 54.6 Å². The lowest BCUT2D eigenvalue weighted by Gasteiger charge is -2.22. The van der Waals surface area contributed by atoms with Crippen molar-refractivity contribution in [2.75, 3.05) is 13.2 Å². The number of para-hydroxylation sites is 1. The molecule has 0 bridgehead atoms. The van der Waals surface area contributed by atoms with Gasteiger partial charge in [0, 0.05) is 12.3 Å². The van der Waals surface area contributed by atoms with Gasteiger partial charge in [0.05, 0.1) is 6.54 Å². The standard InChI is InChI=1S/C27H31NO2/c1-27(2,3)24-16-10-11-17-25(24)30-19-18-28-26(29)20-23(21-12-6-4-7-13-21)22-14-8-5-9-15-22/h4-17,23H,18-20H2,1-3H3,(H,28,29). The summed E-state index contributed by atoms with van der Waals surface area (Å²) in [5.41, 5.74) is 3.48. The minimum atomic E-state index is 0.0123. The summed E-state index contributed by atoms with van der Waals surface area (Å²) >= 11 is 0. The second-order valence-electron chi connectivity index (χ2n) is 8.52. The molecule has 0 aliphatic carbocycles. The van der Waals surface area contributed by atoms with Crippen molar-refractivity contribution in [1.29, 1.82) is 0 Å². The molecular weight excluding hydrogens is 370 g/mol. The molecule has 0 fully saturated rings. The number of carbonyl (C=O) groups is 1. The van der Waals surface area contributed by atoms with Crippen molar-refractivity contribution in [3.05, 3.63) is 102 Å². The van der Waals surface area contributed by atoms with E-state index in [2.05, 4.69) is 56.4 Å². The van der Waals surface area contributed by atoms with Gasteiger partial charge in [-0.2, -0.15) is 0 Å². The Morgan fingerprint density at radius 1 is 0.833 bits per heavy atom. The minimum absolute atomic E-state index is 0.0123. The Kier molecular flexibility index (Phi) is 7.29. The first kappa shape index (κ1) is 21.6. The van der Waals surface area contributed by atoms with E-state index in [1.54, 1.807) is 0 Å². The zero-order chi connectivity index (χ0) is 21.4. The van der Waals surface area contributed by atoms with Crippen LogP contribution in [0.15, 0.2) is 84.9 Å². The third-order valence-corrected chi connectivity index (χ3v) is 5.17. The van der Waals surface area contributed by atoms with Crippen LogP contribution in [0.5, 0.6) is 5.75 Å². The maximum absolute atomic E-state index is 12.7. The normalized spacial score (nSPS) is 11.3. The van der Waals surface area contributed by atoms with Crippen LogP contribution in [0.3, 0.4) is 0 Å². The highest BCUT2D eigenvalue weighted by atomic mass is 16.5. The second-order valence-corrected chi connectivity index (χ2v) is 8.52. The zero-order valence-corrected chi connectivity index (χ0v) is 18.1. The van der Waals surface area contributed by atoms with Crippen LogP contribution in [0.4, 0.5) is 0 Å². The van der Waals surface area contributed by atoms with E-state index in [0.717, 1.165) is 16.9 Å². The molecule has 3 aromatic rings. The highest BCUT2D eigenvalue weighted by Crippen LogP contribution is 2.31. The maximum Gasteiger partial charge on any atom is 0.221 e. The van der Waals surface area contributed by atoms with E-state index in [-0.39, 0.29) is 17.2 Å². The fourth-order valence-electron chi connectivity index (χ4n) is 3.62. The van der Waals surface area contributed by atoms with Crippen molar-refractivity contribution in [2.24, 2.45) is 0 Å². The van der Waals surface area contributed by atoms with E-state index in [0.29, 0.717) is 19.6 Å². The van der Waals surface area contributed by atoms with Crippen LogP contribution in [-0.2, 0) is 10.2 Å². The number of hydrogen-bond donors (Lipinski definition) is 1. The number of rotatable bonds is 8. The van der Waals surface area contributed by atoms with Crippen molar-refractivity contribution in [2.45, 2.75) is 38.5 Å². The minimum Gasteiger partial charge on any atom is -0.491 e. The summed E-state index contributed by atoms with van der Waals surface area (Å²) in [7, 11) is 0. The molecule has 0 saturated carbocycles. The zero-order valence-electron chi connectivity index (χ0n) is 18.1. The first-order valence-corrected chi connectivity index (χ1v) is 10.5. The Balaban J connectivity index is 1.57. The average Bonchev–Trinajstić information content (AvgIpc) is 2.76. The second kappa shape index (κ2) is 10.1. The molecule has 0 aliphatic rings. The number of benzene rings is 3. The fourth-order valence-corrected chi connectivity index (χ4v) is 3.62. The average molecular weight is 402 g/mol. The molecule has 3 rings (SSSR count). The number of amides is 1. The first-order chi connectivity index (χ1) is 14.4. The monoisotopic (exact) mass is 401 g/mol. The van der Waals surface area contributed by atoms with Gasteiger partial charge in [0.25, 0.3) is 0 Å². The summed E-state index contributed by atoms with van der Waals surface area (Å²) in [5.74, 6) is 0.945. The molecule has 0 atom stereocenters. The van der Waals surface area contributed by atoms with Crippen LogP contribution in [0.25, 0.3) is 0 Å². The van der Waals surface area contributed by atoms with E-state index >= 15 is 0 Å². The quantitative estimate of drug-likeness (QED) is 0.492. The summed E-state index contributed by atoms with van der Waals surface area (Å²) in [5, 5.41) is 3.02. The molecule has 0 spiro atoms. The molecule has 1 amide bonds. The number of nitrogens with one attached hydrogen (secondary N) is 1. The van der Waals surface area contributed by atoms with Crippen LogP contribution < -0.4 is 10.1 Å². The van der Waals surface area contributed by atoms with Crippen molar-refractivity contribution in [1.82, 2.24) is 5.32 Å². The Morgan fingerprint density at radius 3 is 1.93 bits per heavy atom. The van der Waals surface area contributed by atoms with Crippen LogP contribution in [0, 0.1) is 0 Å². The largest absolute Gasteiger partial charge is 0.491 e. The van der Waals surface area contributed by atoms with Crippen LogP contribution in [-0.4, -0.2) is 19.1 Å². The Bertz CT molecular complexity index is 890. The first-order valence-electron chi connectivity index (χ1n) is 10.5. The molecule has 0 saturated heterocycles. The molecule has 156 valence electrons. The molecule has 0 radical (unpaired) electrons. The molecule has 3 heteroatoms. The molecule has 30 heavy (non-hydrogen) atoms. The van der Waals surface area contributed by atoms with Gasteiger partial charge in [0.2, 0.25) is 5.91 Å². The molecule has 0 heterocycles. The van der Waals surface area contributed by atoms with Crippen molar-refractivity contribution in [3.63, 3.8) is 0 Å². The lowest BCUT2D eigenvalue weighted by atomic mass is 9.86. The highest BCUT2D eigenvalue weighted by molar-refractivity contribution is 5.77. The lowest BCUT2D eigenvalue weighted by Crippen LogP contribution is -2.29. The SMILES string of the molecule is CC(C)(C)c1ccccc1OCCNC(=O)CC(c1ccccc1)c1ccccc1. The summed E-state index contributed by atoms with van der Waals surface area (Å²) in [6.45, 7) is 7.44. The van der Waals surface area contributed by atoms with Gasteiger partial charge in [-0.15, -0.1) is 0 Å². The van der Waals surface area contributed by atoms with Gasteiger partial charge >= 0.3 is 0 Å². The van der Waals surface area contributed by atoms with Crippen molar-refractivity contribution in [3.8, 4) is 5.75 Å². The summed E-state index contributed by atoms with van der Waals surface area (Å²) < 4.78 is 5.97. The van der Waals surface area contributed by atoms with Gasteiger partial charge in [-0.05, 0) is 28.2 Å². The molecular formula is C27H31NO2. The predicted molar refractivity (Wildman–Crippen MR) is 123 cm³/mol. The molecule has 0 aliphatic heterocycles. The molecule has 0 unspecified atom stereocenters. The Hall–Kier alpha value is -3.07. The Labute approximate surface area is 180 Å². The highest BCUT2D eigenvalue weighted by Gasteiger charge is 2.19. The predicted octanol–water partition coefficient (Wildman–Crippen LogP) is 5.70. The fraction of sp³-hybridized carbons (Fsp3) is 0.296. The van der Waals surface area contributed by atoms with Crippen molar-refractivity contribution < 1.29 is 9.53 Å². The maximum atomic E-state index is 12.7. The van der Waals surface area contributed by atoms with Gasteiger partial charge < -0.3 is 10.1 Å². The third kappa shape index (κ3) is 5.96. The summed E-state index contributed by atoms with van der Waals surface area (Å²) in [6, 6.07) is 28.5. The van der Waals surface area contributed by atoms with E-state index in [4.69, 9.17) is 4.74 Å². The van der Waals surface area contributed by atoms with Gasteiger partial charge in [0.1, 0.15) is 12.4 Å². The molecule has 0 aromatic heterocycles. The number of hydrogen-bond acceptors (Lipinski definition) is 2. The van der Waals surface area contributed by atoms with E-state index in [9.17, 15) is 4.79 Å². The van der Waals surface area contributed by atoms with Crippen molar-refractivity contribution >= 4 is 5.91 Å². The summed E-state index contributed by atoms with van der Waals surface area (Å²) in [6.07, 6.45) is 0.409. The van der Waals surface area contributed by atoms with Crippen LogP contribution in [0.2, 0.25) is 0 Å². The molecule has 1 N–H and O–H groups in total. The third-order valence-electron chi connectivity index (χ3n) is 5.17. The van der Waals surface area contributed by atoms with Gasteiger partial charge in [0.15, 0.2) is 0 Å². The van der Waals surface area contributed by atoms with Gasteiger partial charge in [-0.25, -0.2) is 0 Å². The number of carbonyl (C=O) groups excluding carboxylic acids is 1.